The van der Waals surface area contributed by atoms with E-state index in [-0.39, 0.29) is 36.3 Å². The fourth-order valence-electron chi connectivity index (χ4n) is 2.73. The normalized spacial score (nSPS) is 11.2. The molecule has 0 saturated carbocycles. The number of hydrogen-bond acceptors (Lipinski definition) is 4. The molecular formula is C21H23F2IN4O2. The molecule has 160 valence electrons. The van der Waals surface area contributed by atoms with Crippen molar-refractivity contribution in [3.8, 4) is 17.2 Å². The Labute approximate surface area is 190 Å². The van der Waals surface area contributed by atoms with Crippen molar-refractivity contribution < 1.29 is 17.9 Å². The topological polar surface area (TPSA) is 71.7 Å². The Morgan fingerprint density at radius 1 is 1.13 bits per heavy atom. The lowest BCUT2D eigenvalue weighted by atomic mass is 10.1. The lowest BCUT2D eigenvalue weighted by Gasteiger charge is -2.14. The molecule has 0 fully saturated rings. The van der Waals surface area contributed by atoms with Gasteiger partial charge in [0.15, 0.2) is 5.96 Å². The van der Waals surface area contributed by atoms with E-state index in [0.29, 0.717) is 29.7 Å². The summed E-state index contributed by atoms with van der Waals surface area (Å²) < 4.78 is 35.3. The summed E-state index contributed by atoms with van der Waals surface area (Å²) in [6.07, 6.45) is 1.58. The van der Waals surface area contributed by atoms with Gasteiger partial charge in [0.2, 0.25) is 5.89 Å². The highest BCUT2D eigenvalue weighted by Crippen LogP contribution is 2.22. The molecule has 0 aliphatic rings. The second-order valence-electron chi connectivity index (χ2n) is 6.28. The fourth-order valence-corrected chi connectivity index (χ4v) is 2.73. The number of ether oxygens (including phenoxy) is 1. The monoisotopic (exact) mass is 528 g/mol. The van der Waals surface area contributed by atoms with Crippen molar-refractivity contribution in [2.24, 2.45) is 4.99 Å². The third-order valence-electron chi connectivity index (χ3n) is 4.11. The van der Waals surface area contributed by atoms with Crippen LogP contribution in [0.3, 0.4) is 0 Å². The minimum atomic E-state index is -2.88. The highest BCUT2D eigenvalue weighted by molar-refractivity contribution is 14.0. The summed E-state index contributed by atoms with van der Waals surface area (Å²) in [5.74, 6) is 1.18. The second kappa shape index (κ2) is 11.5. The van der Waals surface area contributed by atoms with Gasteiger partial charge in [0.05, 0.1) is 12.2 Å². The highest BCUT2D eigenvalue weighted by atomic mass is 127. The zero-order valence-electron chi connectivity index (χ0n) is 16.6. The fraction of sp³-hybridized carbons (Fsp3) is 0.238. The van der Waals surface area contributed by atoms with Gasteiger partial charge in [-0.1, -0.05) is 35.9 Å². The number of aromatic nitrogens is 1. The molecule has 0 aliphatic heterocycles. The highest BCUT2D eigenvalue weighted by Gasteiger charge is 2.11. The number of halogens is 3. The van der Waals surface area contributed by atoms with Crippen molar-refractivity contribution in [2.75, 3.05) is 7.05 Å². The van der Waals surface area contributed by atoms with Crippen molar-refractivity contribution in [1.29, 1.82) is 0 Å². The third-order valence-corrected chi connectivity index (χ3v) is 4.11. The first kappa shape index (κ1) is 23.6. The Morgan fingerprint density at radius 2 is 1.87 bits per heavy atom. The van der Waals surface area contributed by atoms with Crippen molar-refractivity contribution >= 4 is 29.9 Å². The molecule has 9 heteroatoms. The quantitative estimate of drug-likeness (QED) is 0.264. The zero-order chi connectivity index (χ0) is 20.6. The molecule has 0 spiro atoms. The summed E-state index contributed by atoms with van der Waals surface area (Å²) in [6.45, 7) is -0.320. The molecule has 1 heterocycles. The molecule has 6 nitrogen and oxygen atoms in total. The number of nitrogens with zero attached hydrogens (tertiary/aromatic N) is 2. The van der Waals surface area contributed by atoms with Crippen LogP contribution < -0.4 is 15.4 Å². The molecule has 0 unspecified atom stereocenters. The van der Waals surface area contributed by atoms with Gasteiger partial charge in [-0.15, -0.1) is 24.0 Å². The molecule has 2 aromatic carbocycles. The molecule has 3 aromatic rings. The molecule has 30 heavy (non-hydrogen) atoms. The van der Waals surface area contributed by atoms with Crippen molar-refractivity contribution in [2.45, 2.75) is 26.6 Å². The van der Waals surface area contributed by atoms with E-state index in [1.807, 2.05) is 37.3 Å². The molecule has 0 saturated heterocycles. The minimum Gasteiger partial charge on any atom is -0.444 e. The van der Waals surface area contributed by atoms with Crippen LogP contribution in [0.25, 0.3) is 11.5 Å². The molecule has 1 aromatic heterocycles. The number of nitrogens with one attached hydrogen (secondary N) is 2. The lowest BCUT2D eigenvalue weighted by molar-refractivity contribution is -0.0504. The Morgan fingerprint density at radius 3 is 2.57 bits per heavy atom. The SMILES string of the molecule is CN=C(NCc1coc(-c2ccccc2)n1)NCc1cc(C)ccc1OC(F)F.I. The van der Waals surface area contributed by atoms with Crippen LogP contribution in [0.2, 0.25) is 0 Å². The van der Waals surface area contributed by atoms with E-state index in [2.05, 4.69) is 25.3 Å². The van der Waals surface area contributed by atoms with Crippen LogP contribution in [0.4, 0.5) is 8.78 Å². The number of oxazole rings is 1. The molecule has 3 rings (SSSR count). The van der Waals surface area contributed by atoms with E-state index >= 15 is 0 Å². The summed E-state index contributed by atoms with van der Waals surface area (Å²) in [6, 6.07) is 14.7. The van der Waals surface area contributed by atoms with Crippen LogP contribution in [0.1, 0.15) is 16.8 Å². The number of rotatable bonds is 7. The molecule has 0 radical (unpaired) electrons. The van der Waals surface area contributed by atoms with E-state index in [4.69, 9.17) is 4.42 Å². The standard InChI is InChI=1S/C21H22F2N4O2.HI/c1-14-8-9-18(29-20(22)23)16(10-14)11-25-21(24-2)26-12-17-13-28-19(27-17)15-6-4-3-5-7-15;/h3-10,13,20H,11-12H2,1-2H3,(H2,24,25,26);1H. The molecule has 2 N–H and O–H groups in total. The summed E-state index contributed by atoms with van der Waals surface area (Å²) in [4.78, 5) is 8.59. The summed E-state index contributed by atoms with van der Waals surface area (Å²) in [5.41, 5.74) is 3.17. The van der Waals surface area contributed by atoms with Gasteiger partial charge in [0.25, 0.3) is 0 Å². The Balaban J connectivity index is 0.00000320. The first-order chi connectivity index (χ1) is 14.0. The molecular weight excluding hydrogens is 505 g/mol. The Bertz CT molecular complexity index is 965. The van der Waals surface area contributed by atoms with E-state index in [9.17, 15) is 8.78 Å². The number of alkyl halides is 2. The van der Waals surface area contributed by atoms with Crippen LogP contribution in [-0.2, 0) is 13.1 Å². The lowest BCUT2D eigenvalue weighted by Crippen LogP contribution is -2.36. The predicted molar refractivity (Wildman–Crippen MR) is 122 cm³/mol. The van der Waals surface area contributed by atoms with Crippen LogP contribution in [0.5, 0.6) is 5.75 Å². The van der Waals surface area contributed by atoms with Crippen molar-refractivity contribution in [3.63, 3.8) is 0 Å². The smallest absolute Gasteiger partial charge is 0.387 e. The number of hydrogen-bond donors (Lipinski definition) is 2. The third kappa shape index (κ3) is 6.68. The van der Waals surface area contributed by atoms with Gasteiger partial charge >= 0.3 is 6.61 Å². The van der Waals surface area contributed by atoms with Crippen LogP contribution >= 0.6 is 24.0 Å². The Kier molecular flexibility index (Phi) is 9.03. The maximum Gasteiger partial charge on any atom is 0.387 e. The number of benzene rings is 2. The van der Waals surface area contributed by atoms with E-state index < -0.39 is 6.61 Å². The number of aryl methyl sites for hydroxylation is 1. The molecule has 0 bridgehead atoms. The van der Waals surface area contributed by atoms with Gasteiger partial charge < -0.3 is 19.8 Å². The molecule has 0 atom stereocenters. The van der Waals surface area contributed by atoms with Gasteiger partial charge in [-0.25, -0.2) is 4.98 Å². The van der Waals surface area contributed by atoms with E-state index in [1.54, 1.807) is 25.4 Å². The molecule has 0 amide bonds. The number of guanidine groups is 1. The second-order valence-corrected chi connectivity index (χ2v) is 6.28. The van der Waals surface area contributed by atoms with Crippen LogP contribution in [-0.4, -0.2) is 24.6 Å². The van der Waals surface area contributed by atoms with Gasteiger partial charge in [-0.2, -0.15) is 8.78 Å². The maximum absolute atomic E-state index is 12.6. The average Bonchev–Trinajstić information content (AvgIpc) is 3.19. The average molecular weight is 528 g/mol. The van der Waals surface area contributed by atoms with Gasteiger partial charge in [0, 0.05) is 24.7 Å². The first-order valence-electron chi connectivity index (χ1n) is 9.04. The maximum atomic E-state index is 12.6. The van der Waals surface area contributed by atoms with Crippen molar-refractivity contribution in [1.82, 2.24) is 15.6 Å². The van der Waals surface area contributed by atoms with Crippen LogP contribution in [0.15, 0.2) is 64.2 Å². The minimum absolute atomic E-state index is 0. The van der Waals surface area contributed by atoms with Crippen molar-refractivity contribution in [3.05, 3.63) is 71.6 Å². The van der Waals surface area contributed by atoms with E-state index in [1.165, 1.54) is 6.07 Å². The van der Waals surface area contributed by atoms with Gasteiger partial charge in [-0.05, 0) is 25.1 Å². The first-order valence-corrected chi connectivity index (χ1v) is 9.04. The summed E-state index contributed by atoms with van der Waals surface area (Å²) >= 11 is 0. The van der Waals surface area contributed by atoms with Crippen LogP contribution in [0, 0.1) is 6.92 Å². The van der Waals surface area contributed by atoms with Gasteiger partial charge in [0.1, 0.15) is 12.0 Å². The summed E-state index contributed by atoms with van der Waals surface area (Å²) in [7, 11) is 1.63. The van der Waals surface area contributed by atoms with Gasteiger partial charge in [-0.3, -0.25) is 4.99 Å². The number of aliphatic imine (C=N–C) groups is 1. The van der Waals surface area contributed by atoms with E-state index in [0.717, 1.165) is 11.1 Å². The Hall–Kier alpha value is -2.69. The summed E-state index contributed by atoms with van der Waals surface area (Å²) in [5, 5.41) is 6.21. The largest absolute Gasteiger partial charge is 0.444 e. The predicted octanol–water partition coefficient (Wildman–Crippen LogP) is 4.73. The molecule has 0 aliphatic carbocycles. The zero-order valence-corrected chi connectivity index (χ0v) is 18.9.